The van der Waals surface area contributed by atoms with E-state index in [2.05, 4.69) is 32.0 Å². The molecule has 0 bridgehead atoms. The molecular weight excluding hydrogens is 398 g/mol. The summed E-state index contributed by atoms with van der Waals surface area (Å²) in [4.78, 5) is 28.7. The third-order valence-electron chi connectivity index (χ3n) is 4.81. The number of anilines is 1. The third-order valence-corrected chi connectivity index (χ3v) is 5.65. The summed E-state index contributed by atoms with van der Waals surface area (Å²) in [6, 6.07) is 14.9. The first-order valence-corrected chi connectivity index (χ1v) is 10.8. The molecule has 0 saturated heterocycles. The second-order valence-electron chi connectivity index (χ2n) is 6.72. The van der Waals surface area contributed by atoms with E-state index >= 15 is 0 Å². The highest BCUT2D eigenvalue weighted by Gasteiger charge is 2.15. The number of nitrogens with one attached hydrogen (secondary N) is 1. The molecule has 4 rings (SSSR count). The Morgan fingerprint density at radius 1 is 1.03 bits per heavy atom. The van der Waals surface area contributed by atoms with Gasteiger partial charge in [0.15, 0.2) is 11.4 Å². The summed E-state index contributed by atoms with van der Waals surface area (Å²) < 4.78 is 2.11. The van der Waals surface area contributed by atoms with Crippen LogP contribution in [0.2, 0.25) is 0 Å². The number of thioether (sulfide) groups is 1. The molecule has 2 heterocycles. The predicted octanol–water partition coefficient (Wildman–Crippen LogP) is 4.32. The van der Waals surface area contributed by atoms with Gasteiger partial charge >= 0.3 is 0 Å². The van der Waals surface area contributed by atoms with Gasteiger partial charge in [0.1, 0.15) is 5.52 Å². The van der Waals surface area contributed by atoms with Crippen LogP contribution in [0.5, 0.6) is 0 Å². The van der Waals surface area contributed by atoms with Crippen LogP contribution in [0.15, 0.2) is 53.7 Å². The van der Waals surface area contributed by atoms with Crippen molar-refractivity contribution in [3.63, 3.8) is 0 Å². The lowest BCUT2D eigenvalue weighted by Crippen LogP contribution is -2.10. The quantitative estimate of drug-likeness (QED) is 0.354. The topological polar surface area (TPSA) is 89.8 Å². The molecule has 0 aliphatic rings. The molecule has 0 aliphatic carbocycles. The Bertz CT molecular complexity index is 1230. The Morgan fingerprint density at radius 3 is 2.53 bits per heavy atom. The fourth-order valence-corrected chi connectivity index (χ4v) is 3.95. The zero-order valence-corrected chi connectivity index (χ0v) is 17.6. The molecule has 152 valence electrons. The van der Waals surface area contributed by atoms with Crippen molar-refractivity contribution in [3.8, 4) is 0 Å². The standard InChI is InChI=1S/C22H21N5O2S/c1-3-19(29)23-15-11-9-14(10-12-15)18(28)13-30-22-24-21-20(25-26-22)16-7-5-6-8-17(16)27(21)4-2/h5-12H,3-4,13H2,1-2H3,(H,23,29). The van der Waals surface area contributed by atoms with Gasteiger partial charge in [-0.1, -0.05) is 36.9 Å². The number of aryl methyl sites for hydroxylation is 1. The van der Waals surface area contributed by atoms with E-state index in [-0.39, 0.29) is 17.4 Å². The minimum atomic E-state index is -0.0610. The lowest BCUT2D eigenvalue weighted by atomic mass is 10.1. The van der Waals surface area contributed by atoms with Gasteiger partial charge in [-0.25, -0.2) is 4.98 Å². The monoisotopic (exact) mass is 419 g/mol. The Balaban J connectivity index is 1.50. The number of fused-ring (bicyclic) bond motifs is 3. The number of nitrogens with zero attached hydrogens (tertiary/aromatic N) is 4. The second-order valence-corrected chi connectivity index (χ2v) is 7.66. The van der Waals surface area contributed by atoms with E-state index in [1.807, 2.05) is 24.3 Å². The van der Waals surface area contributed by atoms with Crippen LogP contribution >= 0.6 is 11.8 Å². The summed E-state index contributed by atoms with van der Waals surface area (Å²) in [5, 5.41) is 12.9. The van der Waals surface area contributed by atoms with Crippen LogP contribution in [-0.2, 0) is 11.3 Å². The van der Waals surface area contributed by atoms with Crippen LogP contribution < -0.4 is 5.32 Å². The van der Waals surface area contributed by atoms with Gasteiger partial charge in [0.2, 0.25) is 11.1 Å². The SMILES string of the molecule is CCC(=O)Nc1ccc(C(=O)CSc2nnc3c4ccccc4n(CC)c3n2)cc1. The number of hydrogen-bond donors (Lipinski definition) is 1. The van der Waals surface area contributed by atoms with Crippen molar-refractivity contribution < 1.29 is 9.59 Å². The smallest absolute Gasteiger partial charge is 0.224 e. The van der Waals surface area contributed by atoms with Crippen molar-refractivity contribution in [2.75, 3.05) is 11.1 Å². The average Bonchev–Trinajstić information content (AvgIpc) is 3.10. The van der Waals surface area contributed by atoms with Gasteiger partial charge < -0.3 is 9.88 Å². The Labute approximate surface area is 177 Å². The number of para-hydroxylation sites is 1. The van der Waals surface area contributed by atoms with Crippen LogP contribution in [0.3, 0.4) is 0 Å². The van der Waals surface area contributed by atoms with Gasteiger partial charge in [0.05, 0.1) is 11.3 Å². The van der Waals surface area contributed by atoms with Crippen molar-refractivity contribution in [1.82, 2.24) is 19.7 Å². The van der Waals surface area contributed by atoms with Crippen molar-refractivity contribution in [1.29, 1.82) is 0 Å². The van der Waals surface area contributed by atoms with Crippen LogP contribution in [0.25, 0.3) is 22.1 Å². The van der Waals surface area contributed by atoms with Crippen molar-refractivity contribution in [2.45, 2.75) is 32.0 Å². The fourth-order valence-electron chi connectivity index (χ4n) is 3.27. The molecule has 4 aromatic rings. The lowest BCUT2D eigenvalue weighted by molar-refractivity contribution is -0.115. The molecule has 7 nitrogen and oxygen atoms in total. The number of carbonyl (C=O) groups excluding carboxylic acids is 2. The van der Waals surface area contributed by atoms with Crippen molar-refractivity contribution >= 4 is 51.2 Å². The maximum Gasteiger partial charge on any atom is 0.224 e. The Hall–Kier alpha value is -3.26. The van der Waals surface area contributed by atoms with E-state index in [0.29, 0.717) is 22.8 Å². The molecule has 0 unspecified atom stereocenters. The summed E-state index contributed by atoms with van der Waals surface area (Å²) in [6.45, 7) is 4.63. The molecule has 2 aromatic heterocycles. The van der Waals surface area contributed by atoms with Crippen LogP contribution in [0.4, 0.5) is 5.69 Å². The number of ketones is 1. The summed E-state index contributed by atoms with van der Waals surface area (Å²) in [5.74, 6) is 0.113. The van der Waals surface area contributed by atoms with E-state index < -0.39 is 0 Å². The Morgan fingerprint density at radius 2 is 1.80 bits per heavy atom. The third kappa shape index (κ3) is 3.91. The predicted molar refractivity (Wildman–Crippen MR) is 119 cm³/mol. The normalized spacial score (nSPS) is 11.1. The van der Waals surface area contributed by atoms with Gasteiger partial charge in [-0.15, -0.1) is 10.2 Å². The summed E-state index contributed by atoms with van der Waals surface area (Å²) in [5.41, 5.74) is 3.88. The van der Waals surface area contributed by atoms with E-state index in [1.165, 1.54) is 11.8 Å². The molecular formula is C22H21N5O2S. The van der Waals surface area contributed by atoms with Gasteiger partial charge in [0, 0.05) is 29.6 Å². The first-order valence-electron chi connectivity index (χ1n) is 9.78. The molecule has 0 aliphatic heterocycles. The molecule has 2 aromatic carbocycles. The summed E-state index contributed by atoms with van der Waals surface area (Å²) >= 11 is 1.27. The molecule has 0 spiro atoms. The molecule has 8 heteroatoms. The minimum absolute atomic E-state index is 0.0342. The zero-order valence-electron chi connectivity index (χ0n) is 16.8. The first-order chi connectivity index (χ1) is 14.6. The number of rotatable bonds is 7. The number of benzene rings is 2. The van der Waals surface area contributed by atoms with Crippen LogP contribution in [-0.4, -0.2) is 37.2 Å². The highest BCUT2D eigenvalue weighted by molar-refractivity contribution is 7.99. The molecule has 0 radical (unpaired) electrons. The molecule has 0 atom stereocenters. The van der Waals surface area contributed by atoms with Gasteiger partial charge in [-0.05, 0) is 37.3 Å². The van der Waals surface area contributed by atoms with Crippen molar-refractivity contribution in [2.24, 2.45) is 0 Å². The molecule has 30 heavy (non-hydrogen) atoms. The number of hydrogen-bond acceptors (Lipinski definition) is 6. The van der Waals surface area contributed by atoms with E-state index in [9.17, 15) is 9.59 Å². The van der Waals surface area contributed by atoms with E-state index in [1.54, 1.807) is 31.2 Å². The average molecular weight is 420 g/mol. The first kappa shape index (κ1) is 20.0. The second kappa shape index (κ2) is 8.62. The fraction of sp³-hybridized carbons (Fsp3) is 0.227. The molecule has 0 fully saturated rings. The maximum atomic E-state index is 12.5. The van der Waals surface area contributed by atoms with Crippen molar-refractivity contribution in [3.05, 3.63) is 54.1 Å². The largest absolute Gasteiger partial charge is 0.326 e. The highest BCUT2D eigenvalue weighted by atomic mass is 32.2. The minimum Gasteiger partial charge on any atom is -0.326 e. The number of aromatic nitrogens is 4. The molecule has 0 saturated carbocycles. The number of amides is 1. The number of carbonyl (C=O) groups is 2. The van der Waals surface area contributed by atoms with Gasteiger partial charge in [-0.2, -0.15) is 0 Å². The number of Topliss-reactive ketones (excluding diaryl/α,β-unsaturated/α-hetero) is 1. The summed E-state index contributed by atoms with van der Waals surface area (Å²) in [6.07, 6.45) is 0.409. The zero-order chi connectivity index (χ0) is 21.1. The van der Waals surface area contributed by atoms with Crippen LogP contribution in [0.1, 0.15) is 30.6 Å². The van der Waals surface area contributed by atoms with Gasteiger partial charge in [-0.3, -0.25) is 9.59 Å². The lowest BCUT2D eigenvalue weighted by Gasteiger charge is -2.05. The van der Waals surface area contributed by atoms with E-state index in [4.69, 9.17) is 0 Å². The highest BCUT2D eigenvalue weighted by Crippen LogP contribution is 2.27. The Kier molecular flexibility index (Phi) is 5.76. The van der Waals surface area contributed by atoms with E-state index in [0.717, 1.165) is 28.6 Å². The summed E-state index contributed by atoms with van der Waals surface area (Å²) in [7, 11) is 0. The van der Waals surface area contributed by atoms with Crippen LogP contribution in [0, 0.1) is 0 Å². The maximum absolute atomic E-state index is 12.5. The molecule has 1 N–H and O–H groups in total. The van der Waals surface area contributed by atoms with Gasteiger partial charge in [0.25, 0.3) is 0 Å². The molecule has 1 amide bonds.